The third-order valence-corrected chi connectivity index (χ3v) is 6.02. The van der Waals surface area contributed by atoms with E-state index < -0.39 is 0 Å². The van der Waals surface area contributed by atoms with Crippen molar-refractivity contribution >= 4 is 5.91 Å². The molecule has 20 heavy (non-hydrogen) atoms. The Balaban J connectivity index is 1.85. The van der Waals surface area contributed by atoms with Crippen molar-refractivity contribution in [2.75, 3.05) is 0 Å². The molecule has 0 aromatic rings. The molecule has 1 heterocycles. The Kier molecular flexibility index (Phi) is 3.83. The first kappa shape index (κ1) is 14.4. The second-order valence-corrected chi connectivity index (χ2v) is 7.76. The Morgan fingerprint density at radius 1 is 1.20 bits per heavy atom. The molecule has 1 saturated heterocycles. The van der Waals surface area contributed by atoms with Crippen molar-refractivity contribution in [1.29, 1.82) is 0 Å². The van der Waals surface area contributed by atoms with Gasteiger partial charge < -0.3 is 4.90 Å². The smallest absolute Gasteiger partial charge is 0.241 e. The first-order chi connectivity index (χ1) is 9.54. The Bertz CT molecular complexity index is 373. The van der Waals surface area contributed by atoms with Gasteiger partial charge in [-0.05, 0) is 43.4 Å². The minimum Gasteiger partial charge on any atom is -0.322 e. The predicted molar refractivity (Wildman–Crippen MR) is 81.2 cm³/mol. The van der Waals surface area contributed by atoms with Crippen molar-refractivity contribution < 1.29 is 4.79 Å². The maximum absolute atomic E-state index is 12.8. The molecule has 0 radical (unpaired) electrons. The summed E-state index contributed by atoms with van der Waals surface area (Å²) in [5, 5.41) is 3.67. The van der Waals surface area contributed by atoms with E-state index in [1.54, 1.807) is 0 Å². The number of carbonyl (C=O) groups excluding carboxylic acids is 1. The van der Waals surface area contributed by atoms with Gasteiger partial charge in [-0.15, -0.1) is 0 Å². The standard InChI is InChI=1S/C17H30N2O/c1-4-13-16(20)19(14-10-7-11-17(14,2)3)15(18-13)12-8-5-6-9-12/h12-15,18H,4-11H2,1-3H3. The van der Waals surface area contributed by atoms with E-state index in [0.717, 1.165) is 6.42 Å². The van der Waals surface area contributed by atoms with Crippen molar-refractivity contribution in [2.24, 2.45) is 11.3 Å². The zero-order valence-corrected chi connectivity index (χ0v) is 13.3. The highest BCUT2D eigenvalue weighted by Crippen LogP contribution is 2.44. The topological polar surface area (TPSA) is 32.3 Å². The van der Waals surface area contributed by atoms with Gasteiger partial charge in [-0.1, -0.05) is 40.0 Å². The van der Waals surface area contributed by atoms with Crippen molar-refractivity contribution in [2.45, 2.75) is 90.4 Å². The molecule has 114 valence electrons. The van der Waals surface area contributed by atoms with Crippen molar-refractivity contribution in [1.82, 2.24) is 10.2 Å². The summed E-state index contributed by atoms with van der Waals surface area (Å²) in [7, 11) is 0. The molecule has 3 heteroatoms. The first-order valence-corrected chi connectivity index (χ1v) is 8.63. The van der Waals surface area contributed by atoms with E-state index in [-0.39, 0.29) is 11.5 Å². The monoisotopic (exact) mass is 278 g/mol. The van der Waals surface area contributed by atoms with E-state index in [9.17, 15) is 4.79 Å². The van der Waals surface area contributed by atoms with Gasteiger partial charge in [0.15, 0.2) is 0 Å². The van der Waals surface area contributed by atoms with Crippen molar-refractivity contribution in [3.63, 3.8) is 0 Å². The Hall–Kier alpha value is -0.570. The molecular weight excluding hydrogens is 248 g/mol. The molecule has 0 aromatic carbocycles. The molecule has 3 fully saturated rings. The molecule has 3 atom stereocenters. The zero-order valence-electron chi connectivity index (χ0n) is 13.3. The van der Waals surface area contributed by atoms with E-state index in [1.807, 2.05) is 0 Å². The molecule has 2 saturated carbocycles. The van der Waals surface area contributed by atoms with Crippen LogP contribution in [0.1, 0.15) is 72.1 Å². The molecule has 2 aliphatic carbocycles. The van der Waals surface area contributed by atoms with Gasteiger partial charge in [0.05, 0.1) is 12.2 Å². The molecule has 0 aromatic heterocycles. The number of hydrogen-bond acceptors (Lipinski definition) is 2. The molecule has 3 aliphatic rings. The summed E-state index contributed by atoms with van der Waals surface area (Å²) in [6.45, 7) is 6.83. The highest BCUT2D eigenvalue weighted by Gasteiger charge is 2.50. The Labute approximate surface area is 123 Å². The van der Waals surface area contributed by atoms with Gasteiger partial charge in [-0.25, -0.2) is 0 Å². The van der Waals surface area contributed by atoms with Gasteiger partial charge in [0.25, 0.3) is 0 Å². The first-order valence-electron chi connectivity index (χ1n) is 8.63. The molecule has 3 unspecified atom stereocenters. The lowest BCUT2D eigenvalue weighted by Gasteiger charge is -2.40. The number of nitrogens with zero attached hydrogens (tertiary/aromatic N) is 1. The van der Waals surface area contributed by atoms with Gasteiger partial charge in [-0.2, -0.15) is 0 Å². The van der Waals surface area contributed by atoms with Crippen LogP contribution in [0.15, 0.2) is 0 Å². The summed E-state index contributed by atoms with van der Waals surface area (Å²) < 4.78 is 0. The fourth-order valence-electron chi connectivity index (χ4n) is 4.77. The van der Waals surface area contributed by atoms with E-state index in [0.29, 0.717) is 24.0 Å². The van der Waals surface area contributed by atoms with E-state index in [1.165, 1.54) is 44.9 Å². The lowest BCUT2D eigenvalue weighted by atomic mass is 9.85. The van der Waals surface area contributed by atoms with Crippen LogP contribution in [0.5, 0.6) is 0 Å². The predicted octanol–water partition coefficient (Wildman–Crippen LogP) is 3.29. The molecule has 1 amide bonds. The summed E-state index contributed by atoms with van der Waals surface area (Å²) in [6.07, 6.45) is 10.2. The Morgan fingerprint density at radius 2 is 1.90 bits per heavy atom. The van der Waals surface area contributed by atoms with Crippen LogP contribution in [0, 0.1) is 11.3 Å². The normalized spacial score (nSPS) is 38.0. The largest absolute Gasteiger partial charge is 0.322 e. The molecule has 3 rings (SSSR count). The summed E-state index contributed by atoms with van der Waals surface area (Å²) >= 11 is 0. The summed E-state index contributed by atoms with van der Waals surface area (Å²) in [4.78, 5) is 15.1. The SMILES string of the molecule is CCC1NC(C2CCCC2)N(C2CCCC2(C)C)C1=O. The van der Waals surface area contributed by atoms with Crippen LogP contribution in [-0.2, 0) is 4.79 Å². The molecule has 3 nitrogen and oxygen atoms in total. The minimum absolute atomic E-state index is 0.0667. The summed E-state index contributed by atoms with van der Waals surface area (Å²) in [6, 6.07) is 0.515. The number of rotatable bonds is 3. The number of nitrogens with one attached hydrogen (secondary N) is 1. The highest BCUT2D eigenvalue weighted by atomic mass is 16.2. The quantitative estimate of drug-likeness (QED) is 0.859. The summed E-state index contributed by atoms with van der Waals surface area (Å²) in [5.41, 5.74) is 0.289. The van der Waals surface area contributed by atoms with Crippen LogP contribution in [0.4, 0.5) is 0 Å². The van der Waals surface area contributed by atoms with Gasteiger partial charge in [-0.3, -0.25) is 10.1 Å². The lowest BCUT2D eigenvalue weighted by molar-refractivity contribution is -0.135. The van der Waals surface area contributed by atoms with Crippen LogP contribution in [0.25, 0.3) is 0 Å². The maximum Gasteiger partial charge on any atom is 0.241 e. The van der Waals surface area contributed by atoms with Crippen molar-refractivity contribution in [3.8, 4) is 0 Å². The molecule has 1 N–H and O–H groups in total. The number of carbonyl (C=O) groups is 1. The number of hydrogen-bond donors (Lipinski definition) is 1. The molecule has 0 bridgehead atoms. The highest BCUT2D eigenvalue weighted by molar-refractivity contribution is 5.84. The van der Waals surface area contributed by atoms with Gasteiger partial charge in [0.2, 0.25) is 5.91 Å². The van der Waals surface area contributed by atoms with Gasteiger partial charge in [0.1, 0.15) is 0 Å². The second-order valence-electron chi connectivity index (χ2n) is 7.76. The average molecular weight is 278 g/mol. The molecular formula is C17H30N2O. The zero-order chi connectivity index (χ0) is 14.3. The fourth-order valence-corrected chi connectivity index (χ4v) is 4.77. The average Bonchev–Trinajstić information content (AvgIpc) is 3.08. The molecule has 1 aliphatic heterocycles. The van der Waals surface area contributed by atoms with Gasteiger partial charge in [0, 0.05) is 6.04 Å². The van der Waals surface area contributed by atoms with Crippen LogP contribution in [0.3, 0.4) is 0 Å². The van der Waals surface area contributed by atoms with Crippen LogP contribution < -0.4 is 5.32 Å². The maximum atomic E-state index is 12.8. The van der Waals surface area contributed by atoms with Gasteiger partial charge >= 0.3 is 0 Å². The van der Waals surface area contributed by atoms with E-state index in [2.05, 4.69) is 31.0 Å². The van der Waals surface area contributed by atoms with Crippen molar-refractivity contribution in [3.05, 3.63) is 0 Å². The summed E-state index contributed by atoms with van der Waals surface area (Å²) in [5.74, 6) is 1.07. The van der Waals surface area contributed by atoms with E-state index in [4.69, 9.17) is 0 Å². The van der Waals surface area contributed by atoms with Crippen LogP contribution >= 0.6 is 0 Å². The van der Waals surface area contributed by atoms with E-state index >= 15 is 0 Å². The van der Waals surface area contributed by atoms with Crippen LogP contribution in [-0.4, -0.2) is 29.1 Å². The Morgan fingerprint density at radius 3 is 2.45 bits per heavy atom. The second kappa shape index (κ2) is 5.32. The fraction of sp³-hybridized carbons (Fsp3) is 0.941. The minimum atomic E-state index is 0.0667. The van der Waals surface area contributed by atoms with Crippen LogP contribution in [0.2, 0.25) is 0 Å². The molecule has 0 spiro atoms. The third kappa shape index (κ3) is 2.28. The number of amides is 1. The third-order valence-electron chi connectivity index (χ3n) is 6.02. The lowest BCUT2D eigenvalue weighted by Crippen LogP contribution is -2.51.